The molecule has 0 aliphatic heterocycles. The quantitative estimate of drug-likeness (QED) is 0.762. The largest absolute Gasteiger partial charge is 0.457 e. The topological polar surface area (TPSA) is 52.3 Å². The maximum absolute atomic E-state index is 11.5. The first-order valence-corrected chi connectivity index (χ1v) is 5.40. The van der Waals surface area contributed by atoms with Crippen LogP contribution in [-0.2, 0) is 4.74 Å². The fourth-order valence-electron chi connectivity index (χ4n) is 1.39. The second-order valence-corrected chi connectivity index (χ2v) is 3.90. The first-order valence-electron chi connectivity index (χ1n) is 5.40. The van der Waals surface area contributed by atoms with Crippen molar-refractivity contribution in [1.29, 1.82) is 0 Å². The molecule has 88 valence electrons. The maximum Gasteiger partial charge on any atom is 0.377 e. The second-order valence-electron chi connectivity index (χ2n) is 3.90. The molecule has 4 nitrogen and oxygen atoms in total. The highest BCUT2D eigenvalue weighted by Crippen LogP contribution is 2.19. The lowest BCUT2D eigenvalue weighted by molar-refractivity contribution is 0.0331. The first-order chi connectivity index (χ1) is 8.16. The average Bonchev–Trinajstić information content (AvgIpc) is 2.78. The Morgan fingerprint density at radius 3 is 2.65 bits per heavy atom. The Hall–Kier alpha value is -2.10. The summed E-state index contributed by atoms with van der Waals surface area (Å²) in [6, 6.07) is 11.1. The Morgan fingerprint density at radius 1 is 1.29 bits per heavy atom. The van der Waals surface area contributed by atoms with Gasteiger partial charge in [-0.05, 0) is 13.8 Å². The van der Waals surface area contributed by atoms with Crippen molar-refractivity contribution in [2.75, 3.05) is 0 Å². The molecule has 0 unspecified atom stereocenters. The van der Waals surface area contributed by atoms with Gasteiger partial charge in [-0.15, -0.1) is 0 Å². The van der Waals surface area contributed by atoms with Gasteiger partial charge in [-0.2, -0.15) is 0 Å². The number of ether oxygens (including phenoxy) is 1. The first kappa shape index (κ1) is 11.4. The number of rotatable bonds is 3. The average molecular weight is 231 g/mol. The van der Waals surface area contributed by atoms with E-state index in [1.807, 2.05) is 30.3 Å². The third-order valence-electron chi connectivity index (χ3n) is 2.12. The fraction of sp³-hybridized carbons (Fsp3) is 0.231. The van der Waals surface area contributed by atoms with E-state index in [1.165, 1.54) is 0 Å². The number of hydrogen-bond acceptors (Lipinski definition) is 4. The zero-order valence-corrected chi connectivity index (χ0v) is 9.71. The predicted molar refractivity (Wildman–Crippen MR) is 62.5 cm³/mol. The number of hydrogen-bond donors (Lipinski definition) is 0. The van der Waals surface area contributed by atoms with Crippen molar-refractivity contribution in [2.45, 2.75) is 20.0 Å². The van der Waals surface area contributed by atoms with Gasteiger partial charge in [-0.25, -0.2) is 4.79 Å². The molecule has 0 saturated carbocycles. The van der Waals surface area contributed by atoms with Gasteiger partial charge in [-0.3, -0.25) is 0 Å². The molecule has 1 heterocycles. The van der Waals surface area contributed by atoms with Gasteiger partial charge in [0.15, 0.2) is 0 Å². The Morgan fingerprint density at radius 2 is 2.00 bits per heavy atom. The second kappa shape index (κ2) is 4.82. The predicted octanol–water partition coefficient (Wildman–Crippen LogP) is 2.91. The van der Waals surface area contributed by atoms with E-state index in [-0.39, 0.29) is 11.9 Å². The van der Waals surface area contributed by atoms with E-state index in [4.69, 9.17) is 9.26 Å². The number of carbonyl (C=O) groups is 1. The number of nitrogens with zero attached hydrogens (tertiary/aromatic N) is 1. The van der Waals surface area contributed by atoms with Crippen molar-refractivity contribution in [3.8, 4) is 11.3 Å². The lowest BCUT2D eigenvalue weighted by Crippen LogP contribution is -2.10. The SMILES string of the molecule is CC(C)OC(=O)c1cc(-c2ccccc2)no1. The molecule has 0 aliphatic rings. The van der Waals surface area contributed by atoms with E-state index < -0.39 is 5.97 Å². The number of esters is 1. The summed E-state index contributed by atoms with van der Waals surface area (Å²) in [5.41, 5.74) is 1.53. The van der Waals surface area contributed by atoms with E-state index in [0.717, 1.165) is 5.56 Å². The Bertz CT molecular complexity index is 502. The lowest BCUT2D eigenvalue weighted by atomic mass is 10.1. The number of carbonyl (C=O) groups excluding carboxylic acids is 1. The third kappa shape index (κ3) is 2.72. The summed E-state index contributed by atoms with van der Waals surface area (Å²) in [5, 5.41) is 3.84. The van der Waals surface area contributed by atoms with Gasteiger partial charge in [0.2, 0.25) is 5.76 Å². The van der Waals surface area contributed by atoms with Crippen molar-refractivity contribution in [1.82, 2.24) is 5.16 Å². The van der Waals surface area contributed by atoms with Crippen LogP contribution in [-0.4, -0.2) is 17.2 Å². The van der Waals surface area contributed by atoms with Crippen molar-refractivity contribution in [2.24, 2.45) is 0 Å². The molecule has 1 aromatic heterocycles. The summed E-state index contributed by atoms with van der Waals surface area (Å²) in [6.45, 7) is 3.57. The summed E-state index contributed by atoms with van der Waals surface area (Å²) in [6.07, 6.45) is -0.173. The van der Waals surface area contributed by atoms with Crippen LogP contribution in [0.2, 0.25) is 0 Å². The smallest absolute Gasteiger partial charge is 0.377 e. The van der Waals surface area contributed by atoms with Gasteiger partial charge in [0, 0.05) is 11.6 Å². The molecular weight excluding hydrogens is 218 g/mol. The zero-order valence-electron chi connectivity index (χ0n) is 9.71. The molecule has 0 atom stereocenters. The Labute approximate surface area is 99.2 Å². The van der Waals surface area contributed by atoms with E-state index >= 15 is 0 Å². The van der Waals surface area contributed by atoms with Crippen LogP contribution in [0, 0.1) is 0 Å². The van der Waals surface area contributed by atoms with E-state index in [2.05, 4.69) is 5.16 Å². The molecule has 0 bridgehead atoms. The van der Waals surface area contributed by atoms with Gasteiger partial charge in [-0.1, -0.05) is 35.5 Å². The third-order valence-corrected chi connectivity index (χ3v) is 2.12. The molecule has 1 aromatic carbocycles. The molecule has 0 radical (unpaired) electrons. The van der Waals surface area contributed by atoms with Gasteiger partial charge in [0.1, 0.15) is 5.69 Å². The minimum Gasteiger partial charge on any atom is -0.457 e. The van der Waals surface area contributed by atoms with Crippen molar-refractivity contribution < 1.29 is 14.1 Å². The van der Waals surface area contributed by atoms with E-state index in [1.54, 1.807) is 19.9 Å². The molecule has 0 amide bonds. The van der Waals surface area contributed by atoms with E-state index in [9.17, 15) is 4.79 Å². The summed E-state index contributed by atoms with van der Waals surface area (Å²) >= 11 is 0. The van der Waals surface area contributed by atoms with Gasteiger partial charge in [0.25, 0.3) is 0 Å². The zero-order chi connectivity index (χ0) is 12.3. The highest BCUT2D eigenvalue weighted by molar-refractivity contribution is 5.87. The van der Waals surface area contributed by atoms with Gasteiger partial charge >= 0.3 is 5.97 Å². The monoisotopic (exact) mass is 231 g/mol. The van der Waals surface area contributed by atoms with Crippen LogP contribution in [0.1, 0.15) is 24.4 Å². The maximum atomic E-state index is 11.5. The Balaban J connectivity index is 2.19. The van der Waals surface area contributed by atoms with Crippen LogP contribution in [0.15, 0.2) is 40.9 Å². The van der Waals surface area contributed by atoms with Crippen LogP contribution in [0.4, 0.5) is 0 Å². The van der Waals surface area contributed by atoms with Gasteiger partial charge < -0.3 is 9.26 Å². The highest BCUT2D eigenvalue weighted by Gasteiger charge is 2.16. The van der Waals surface area contributed by atoms with Crippen LogP contribution in [0.25, 0.3) is 11.3 Å². The molecular formula is C13H13NO3. The normalized spacial score (nSPS) is 10.5. The Kier molecular flexibility index (Phi) is 3.23. The van der Waals surface area contributed by atoms with Crippen molar-refractivity contribution >= 4 is 5.97 Å². The number of benzene rings is 1. The van der Waals surface area contributed by atoms with Crippen LogP contribution in [0.3, 0.4) is 0 Å². The summed E-state index contributed by atoms with van der Waals surface area (Å²) in [5.74, 6) is -0.368. The highest BCUT2D eigenvalue weighted by atomic mass is 16.6. The molecule has 2 aromatic rings. The summed E-state index contributed by atoms with van der Waals surface area (Å²) in [4.78, 5) is 11.5. The van der Waals surface area contributed by atoms with Crippen molar-refractivity contribution in [3.05, 3.63) is 42.2 Å². The number of aromatic nitrogens is 1. The molecule has 2 rings (SSSR count). The molecule has 17 heavy (non-hydrogen) atoms. The standard InChI is InChI=1S/C13H13NO3/c1-9(2)16-13(15)12-8-11(14-17-12)10-6-4-3-5-7-10/h3-9H,1-2H3. The lowest BCUT2D eigenvalue weighted by Gasteiger charge is -2.03. The van der Waals surface area contributed by atoms with Crippen LogP contribution >= 0.6 is 0 Å². The minimum atomic E-state index is -0.491. The van der Waals surface area contributed by atoms with E-state index in [0.29, 0.717) is 5.69 Å². The molecule has 0 saturated heterocycles. The molecule has 0 aliphatic carbocycles. The van der Waals surface area contributed by atoms with Crippen LogP contribution in [0.5, 0.6) is 0 Å². The minimum absolute atomic E-state index is 0.123. The van der Waals surface area contributed by atoms with Crippen LogP contribution < -0.4 is 0 Å². The fourth-order valence-corrected chi connectivity index (χ4v) is 1.39. The molecule has 4 heteroatoms. The molecule has 0 spiro atoms. The molecule has 0 N–H and O–H groups in total. The summed E-state index contributed by atoms with van der Waals surface area (Å²) in [7, 11) is 0. The van der Waals surface area contributed by atoms with Crippen molar-refractivity contribution in [3.63, 3.8) is 0 Å². The molecule has 0 fully saturated rings. The van der Waals surface area contributed by atoms with Gasteiger partial charge in [0.05, 0.1) is 6.10 Å². The summed E-state index contributed by atoms with van der Waals surface area (Å²) < 4.78 is 9.97.